The van der Waals surface area contributed by atoms with Crippen molar-refractivity contribution in [2.45, 2.75) is 360 Å². The van der Waals surface area contributed by atoms with E-state index in [0.717, 1.165) is 51.4 Å². The summed E-state index contributed by atoms with van der Waals surface area (Å²) in [6.07, 6.45) is 81.6. The molecule has 6 nitrogen and oxygen atoms in total. The first-order chi connectivity index (χ1) is 36.5. The van der Waals surface area contributed by atoms with Gasteiger partial charge in [0.1, 0.15) is 0 Å². The first kappa shape index (κ1) is 71.8. The molecule has 74 heavy (non-hydrogen) atoms. The highest BCUT2D eigenvalue weighted by Crippen LogP contribution is 2.17. The number of allylic oxidation sites excluding steroid dienone is 7. The normalized spacial score (nSPS) is 12.9. The van der Waals surface area contributed by atoms with Crippen LogP contribution in [0.3, 0.4) is 0 Å². The number of aliphatic hydroxyl groups is 2. The van der Waals surface area contributed by atoms with Crippen LogP contribution in [0.25, 0.3) is 0 Å². The fraction of sp³-hybridized carbons (Fsp3) is 0.853. The molecule has 434 valence electrons. The molecule has 0 radical (unpaired) electrons. The number of carbonyl (C=O) groups excluding carboxylic acids is 2. The zero-order valence-electron chi connectivity index (χ0n) is 49.6. The van der Waals surface area contributed by atoms with E-state index in [9.17, 15) is 19.8 Å². The molecule has 0 rings (SSSR count). The molecule has 1 amide bonds. The molecule has 3 N–H and O–H groups in total. The second-order valence-electron chi connectivity index (χ2n) is 22.4. The molecule has 0 aliphatic heterocycles. The summed E-state index contributed by atoms with van der Waals surface area (Å²) >= 11 is 0. The van der Waals surface area contributed by atoms with Gasteiger partial charge in [-0.2, -0.15) is 0 Å². The van der Waals surface area contributed by atoms with Gasteiger partial charge in [0.2, 0.25) is 5.91 Å². The first-order valence-electron chi connectivity index (χ1n) is 32.9. The van der Waals surface area contributed by atoms with E-state index in [2.05, 4.69) is 55.6 Å². The molecule has 2 atom stereocenters. The van der Waals surface area contributed by atoms with Crippen LogP contribution in [-0.4, -0.2) is 47.4 Å². The Hall–Kier alpha value is -2.18. The second-order valence-corrected chi connectivity index (χ2v) is 22.4. The Balaban J connectivity index is 3.44. The Morgan fingerprint density at radius 3 is 1.08 bits per heavy atom. The summed E-state index contributed by atoms with van der Waals surface area (Å²) in [5.74, 6) is -0.0733. The van der Waals surface area contributed by atoms with E-state index in [0.29, 0.717) is 19.4 Å². The summed E-state index contributed by atoms with van der Waals surface area (Å²) in [5.41, 5.74) is 0. The summed E-state index contributed by atoms with van der Waals surface area (Å²) in [6, 6.07) is -0.633. The quantitative estimate of drug-likeness (QED) is 0.0320. The van der Waals surface area contributed by atoms with Gasteiger partial charge in [0, 0.05) is 12.8 Å². The van der Waals surface area contributed by atoms with Gasteiger partial charge in [-0.3, -0.25) is 9.59 Å². The van der Waals surface area contributed by atoms with E-state index in [4.69, 9.17) is 4.74 Å². The maximum Gasteiger partial charge on any atom is 0.305 e. The molecule has 2 unspecified atom stereocenters. The van der Waals surface area contributed by atoms with Gasteiger partial charge < -0.3 is 20.3 Å². The van der Waals surface area contributed by atoms with Crippen LogP contribution in [0.5, 0.6) is 0 Å². The molecule has 0 heterocycles. The molecule has 0 aromatic heterocycles. The number of aliphatic hydroxyl groups excluding tert-OH is 2. The molecular formula is C68H127NO5. The van der Waals surface area contributed by atoms with Crippen molar-refractivity contribution in [3.63, 3.8) is 0 Å². The number of rotatable bonds is 61. The van der Waals surface area contributed by atoms with Gasteiger partial charge in [0.25, 0.3) is 0 Å². The number of esters is 1. The summed E-state index contributed by atoms with van der Waals surface area (Å²) in [5, 5.41) is 23.2. The number of ether oxygens (including phenoxy) is 1. The van der Waals surface area contributed by atoms with Crippen molar-refractivity contribution in [3.8, 4) is 0 Å². The lowest BCUT2D eigenvalue weighted by atomic mass is 10.0. The fourth-order valence-corrected chi connectivity index (χ4v) is 10.00. The largest absolute Gasteiger partial charge is 0.466 e. The lowest BCUT2D eigenvalue weighted by Gasteiger charge is -2.20. The number of nitrogens with one attached hydrogen (secondary N) is 1. The van der Waals surface area contributed by atoms with Gasteiger partial charge in [-0.15, -0.1) is 0 Å². The van der Waals surface area contributed by atoms with Gasteiger partial charge >= 0.3 is 5.97 Å². The van der Waals surface area contributed by atoms with Crippen molar-refractivity contribution in [2.24, 2.45) is 0 Å². The third-order valence-electron chi connectivity index (χ3n) is 15.1. The van der Waals surface area contributed by atoms with Crippen LogP contribution in [0, 0.1) is 0 Å². The molecular weight excluding hydrogens is 911 g/mol. The lowest BCUT2D eigenvalue weighted by Crippen LogP contribution is -2.45. The summed E-state index contributed by atoms with van der Waals surface area (Å²) in [6.45, 7) is 4.87. The van der Waals surface area contributed by atoms with Crippen LogP contribution < -0.4 is 5.32 Å². The third-order valence-corrected chi connectivity index (χ3v) is 15.1. The molecule has 0 saturated heterocycles. The molecule has 0 aromatic carbocycles. The average molecular weight is 1040 g/mol. The SMILES string of the molecule is CCCC/C=C\C/C=C\CCCCCCCC(=O)OCCCCCCCCCCCCCC/C=C\CCCCCCCCCCC(=O)NC(CO)C(O)/C=C/CCCCCCCCCCCCCCCCCCC. The van der Waals surface area contributed by atoms with Crippen LogP contribution in [0.2, 0.25) is 0 Å². The Morgan fingerprint density at radius 2 is 0.689 bits per heavy atom. The maximum absolute atomic E-state index is 12.5. The summed E-state index contributed by atoms with van der Waals surface area (Å²) in [4.78, 5) is 24.5. The maximum atomic E-state index is 12.5. The van der Waals surface area contributed by atoms with Crippen LogP contribution in [0.4, 0.5) is 0 Å². The third kappa shape index (κ3) is 59.1. The van der Waals surface area contributed by atoms with Crippen molar-refractivity contribution in [1.82, 2.24) is 5.32 Å². The van der Waals surface area contributed by atoms with Crippen molar-refractivity contribution in [3.05, 3.63) is 48.6 Å². The van der Waals surface area contributed by atoms with Crippen molar-refractivity contribution >= 4 is 11.9 Å². The van der Waals surface area contributed by atoms with Gasteiger partial charge in [0.05, 0.1) is 25.4 Å². The second kappa shape index (κ2) is 63.4. The van der Waals surface area contributed by atoms with E-state index >= 15 is 0 Å². The van der Waals surface area contributed by atoms with Crippen LogP contribution in [-0.2, 0) is 14.3 Å². The van der Waals surface area contributed by atoms with Crippen LogP contribution >= 0.6 is 0 Å². The first-order valence-corrected chi connectivity index (χ1v) is 32.9. The molecule has 0 aliphatic rings. The highest BCUT2D eigenvalue weighted by atomic mass is 16.5. The number of amides is 1. The van der Waals surface area contributed by atoms with Crippen molar-refractivity contribution in [2.75, 3.05) is 13.2 Å². The lowest BCUT2D eigenvalue weighted by molar-refractivity contribution is -0.143. The molecule has 0 aromatic rings. The van der Waals surface area contributed by atoms with Crippen molar-refractivity contribution in [1.29, 1.82) is 0 Å². The zero-order chi connectivity index (χ0) is 53.6. The molecule has 0 saturated carbocycles. The molecule has 6 heteroatoms. The van der Waals surface area contributed by atoms with Crippen LogP contribution in [0.1, 0.15) is 348 Å². The minimum atomic E-state index is -0.849. The smallest absolute Gasteiger partial charge is 0.305 e. The van der Waals surface area contributed by atoms with E-state index < -0.39 is 12.1 Å². The average Bonchev–Trinajstić information content (AvgIpc) is 3.40. The molecule has 0 fully saturated rings. The standard InChI is InChI=1S/C68H127NO5/c1-3-5-7-9-11-13-15-17-19-20-27-30-33-36-40-44-48-52-56-60-66(71)65(64-70)69-67(72)61-57-53-49-45-41-37-34-31-28-25-23-21-22-24-26-29-32-35-39-43-47-51-55-59-63-74-68(73)62-58-54-50-46-42-38-18-16-14-12-10-8-6-4-2/h10,12,16,18,23,25,56,60,65-66,70-71H,3-9,11,13-15,17,19-22,24,26-55,57-59,61-64H2,1-2H3,(H,69,72)/b12-10-,18-16-,25-23-,60-56+. The number of unbranched alkanes of at least 4 members (excludes halogenated alkanes) is 44. The Kier molecular flexibility index (Phi) is 61.5. The van der Waals surface area contributed by atoms with Crippen molar-refractivity contribution < 1.29 is 24.5 Å². The monoisotopic (exact) mass is 1040 g/mol. The zero-order valence-corrected chi connectivity index (χ0v) is 49.6. The summed E-state index contributed by atoms with van der Waals surface area (Å²) < 4.78 is 5.47. The number of carbonyl (C=O) groups is 2. The van der Waals surface area contributed by atoms with E-state index in [1.807, 2.05) is 6.08 Å². The van der Waals surface area contributed by atoms with Gasteiger partial charge in [-0.05, 0) is 83.5 Å². The molecule has 0 spiro atoms. The number of hydrogen-bond donors (Lipinski definition) is 3. The summed E-state index contributed by atoms with van der Waals surface area (Å²) in [7, 11) is 0. The predicted molar refractivity (Wildman–Crippen MR) is 324 cm³/mol. The minimum Gasteiger partial charge on any atom is -0.466 e. The van der Waals surface area contributed by atoms with Gasteiger partial charge in [-0.1, -0.05) is 300 Å². The molecule has 0 bridgehead atoms. The topological polar surface area (TPSA) is 95.9 Å². The van der Waals surface area contributed by atoms with Gasteiger partial charge in [0.15, 0.2) is 0 Å². The van der Waals surface area contributed by atoms with E-state index in [-0.39, 0.29) is 18.5 Å². The highest BCUT2D eigenvalue weighted by Gasteiger charge is 2.18. The van der Waals surface area contributed by atoms with Gasteiger partial charge in [-0.25, -0.2) is 0 Å². The minimum absolute atomic E-state index is 0.00270. The Morgan fingerprint density at radius 1 is 0.378 bits per heavy atom. The predicted octanol–water partition coefficient (Wildman–Crippen LogP) is 20.9. The van der Waals surface area contributed by atoms with Crippen LogP contribution in [0.15, 0.2) is 48.6 Å². The Bertz CT molecular complexity index is 1240. The fourth-order valence-electron chi connectivity index (χ4n) is 10.00. The highest BCUT2D eigenvalue weighted by molar-refractivity contribution is 5.76. The van der Waals surface area contributed by atoms with E-state index in [1.54, 1.807) is 6.08 Å². The van der Waals surface area contributed by atoms with E-state index in [1.165, 1.54) is 270 Å². The number of hydrogen-bond acceptors (Lipinski definition) is 5. The Labute approximate surface area is 461 Å². The molecule has 0 aliphatic carbocycles.